The van der Waals surface area contributed by atoms with Crippen molar-refractivity contribution in [2.45, 2.75) is 45.4 Å². The first-order valence-corrected chi connectivity index (χ1v) is 7.05. The van der Waals surface area contributed by atoms with Crippen molar-refractivity contribution in [2.75, 3.05) is 19.6 Å². The molecule has 0 aromatic rings. The van der Waals surface area contributed by atoms with Crippen molar-refractivity contribution in [2.24, 2.45) is 16.6 Å². The molecule has 0 aromatic carbocycles. The van der Waals surface area contributed by atoms with Crippen LogP contribution in [0.25, 0.3) is 0 Å². The fourth-order valence-electron chi connectivity index (χ4n) is 1.66. The van der Waals surface area contributed by atoms with Gasteiger partial charge in [0.25, 0.3) is 0 Å². The van der Waals surface area contributed by atoms with Crippen molar-refractivity contribution in [3.8, 4) is 0 Å². The van der Waals surface area contributed by atoms with Gasteiger partial charge in [-0.25, -0.2) is 0 Å². The molecule has 5 heteroatoms. The zero-order valence-electron chi connectivity index (χ0n) is 11.4. The average molecular weight is 254 g/mol. The van der Waals surface area contributed by atoms with Gasteiger partial charge in [0, 0.05) is 25.6 Å². The van der Waals surface area contributed by atoms with Crippen LogP contribution < -0.4 is 16.4 Å². The molecule has 18 heavy (non-hydrogen) atoms. The van der Waals surface area contributed by atoms with Gasteiger partial charge in [-0.2, -0.15) is 0 Å². The quantitative estimate of drug-likeness (QED) is 0.326. The lowest BCUT2D eigenvalue weighted by atomic mass is 10.2. The number of carbonyl (C=O) groups is 1. The summed E-state index contributed by atoms with van der Waals surface area (Å²) in [5.74, 6) is 0.925. The number of hydrogen-bond donors (Lipinski definition) is 3. The van der Waals surface area contributed by atoms with Crippen LogP contribution in [0.4, 0.5) is 0 Å². The molecule has 1 fully saturated rings. The molecule has 0 saturated heterocycles. The molecule has 0 spiro atoms. The number of nitrogens with two attached hydrogens (primary N) is 1. The molecule has 1 aliphatic carbocycles. The van der Waals surface area contributed by atoms with Gasteiger partial charge in [0.05, 0.1) is 0 Å². The normalized spacial score (nSPS) is 15.5. The highest BCUT2D eigenvalue weighted by atomic mass is 16.2. The predicted octanol–water partition coefficient (Wildman–Crippen LogP) is 0.997. The van der Waals surface area contributed by atoms with Crippen molar-refractivity contribution in [3.05, 3.63) is 0 Å². The fourth-order valence-corrected chi connectivity index (χ4v) is 1.66. The van der Waals surface area contributed by atoms with Gasteiger partial charge in [0.2, 0.25) is 5.91 Å². The molecule has 0 heterocycles. The number of aliphatic imine (C=N–C) groups is 1. The lowest BCUT2D eigenvalue weighted by Gasteiger charge is -2.07. The standard InChI is InChI=1S/C13H26N4O/c1-2-3-4-5-8-16-13(14)17-10-9-15-12(18)11-6-7-11/h11H,2-10H2,1H3,(H,15,18)(H3,14,16,17). The number of rotatable bonds is 9. The number of unbranched alkanes of at least 4 members (excludes halogenated alkanes) is 3. The van der Waals surface area contributed by atoms with Crippen molar-refractivity contribution >= 4 is 11.9 Å². The SMILES string of the molecule is CCCCCCN=C(N)NCCNC(=O)C1CC1. The average Bonchev–Trinajstić information content (AvgIpc) is 3.18. The van der Waals surface area contributed by atoms with E-state index in [-0.39, 0.29) is 11.8 Å². The molecule has 0 unspecified atom stereocenters. The van der Waals surface area contributed by atoms with Gasteiger partial charge in [-0.1, -0.05) is 26.2 Å². The zero-order chi connectivity index (χ0) is 13.2. The van der Waals surface area contributed by atoms with E-state index in [4.69, 9.17) is 5.73 Å². The fraction of sp³-hybridized carbons (Fsp3) is 0.846. The van der Waals surface area contributed by atoms with E-state index in [0.717, 1.165) is 25.8 Å². The number of nitrogens with one attached hydrogen (secondary N) is 2. The topological polar surface area (TPSA) is 79.5 Å². The van der Waals surface area contributed by atoms with Crippen LogP contribution in [0.1, 0.15) is 45.4 Å². The van der Waals surface area contributed by atoms with E-state index in [1.54, 1.807) is 0 Å². The predicted molar refractivity (Wildman–Crippen MR) is 74.4 cm³/mol. The summed E-state index contributed by atoms with van der Waals surface area (Å²) >= 11 is 0. The van der Waals surface area contributed by atoms with Gasteiger partial charge >= 0.3 is 0 Å². The highest BCUT2D eigenvalue weighted by Gasteiger charge is 2.28. The molecule has 1 saturated carbocycles. The Labute approximate surface area is 110 Å². The molecule has 1 rings (SSSR count). The Morgan fingerprint density at radius 1 is 1.22 bits per heavy atom. The number of carbonyl (C=O) groups excluding carboxylic acids is 1. The molecule has 0 radical (unpaired) electrons. The molecule has 4 N–H and O–H groups in total. The summed E-state index contributed by atoms with van der Waals surface area (Å²) in [7, 11) is 0. The molecule has 0 aliphatic heterocycles. The van der Waals surface area contributed by atoms with Crippen molar-refractivity contribution in [1.82, 2.24) is 10.6 Å². The monoisotopic (exact) mass is 254 g/mol. The number of hydrogen-bond acceptors (Lipinski definition) is 2. The molecular weight excluding hydrogens is 228 g/mol. The minimum absolute atomic E-state index is 0.173. The number of guanidine groups is 1. The Bertz CT molecular complexity index is 274. The molecule has 0 atom stereocenters. The summed E-state index contributed by atoms with van der Waals surface area (Å²) < 4.78 is 0. The Kier molecular flexibility index (Phi) is 7.22. The van der Waals surface area contributed by atoms with Gasteiger partial charge in [0.15, 0.2) is 5.96 Å². The van der Waals surface area contributed by atoms with Gasteiger partial charge in [-0.3, -0.25) is 9.79 Å². The maximum absolute atomic E-state index is 11.3. The van der Waals surface area contributed by atoms with E-state index in [9.17, 15) is 4.79 Å². The van der Waals surface area contributed by atoms with Crippen LogP contribution in [-0.2, 0) is 4.79 Å². The third kappa shape index (κ3) is 7.14. The Hall–Kier alpha value is -1.26. The summed E-state index contributed by atoms with van der Waals surface area (Å²) in [6, 6.07) is 0. The molecule has 1 amide bonds. The van der Waals surface area contributed by atoms with Crippen molar-refractivity contribution in [1.29, 1.82) is 0 Å². The highest BCUT2D eigenvalue weighted by Crippen LogP contribution is 2.28. The lowest BCUT2D eigenvalue weighted by molar-refractivity contribution is -0.122. The first kappa shape index (κ1) is 14.8. The van der Waals surface area contributed by atoms with Crippen LogP contribution in [-0.4, -0.2) is 31.5 Å². The van der Waals surface area contributed by atoms with Crippen LogP contribution in [0.2, 0.25) is 0 Å². The van der Waals surface area contributed by atoms with Crippen LogP contribution in [0.3, 0.4) is 0 Å². The third-order valence-electron chi connectivity index (χ3n) is 2.97. The molecule has 1 aliphatic rings. The molecular formula is C13H26N4O. The lowest BCUT2D eigenvalue weighted by Crippen LogP contribution is -2.38. The molecule has 0 aromatic heterocycles. The van der Waals surface area contributed by atoms with E-state index < -0.39 is 0 Å². The number of amides is 1. The molecule has 104 valence electrons. The third-order valence-corrected chi connectivity index (χ3v) is 2.97. The molecule has 0 bridgehead atoms. The van der Waals surface area contributed by atoms with Gasteiger partial charge in [-0.05, 0) is 19.3 Å². The largest absolute Gasteiger partial charge is 0.370 e. The maximum atomic E-state index is 11.3. The second-order valence-corrected chi connectivity index (χ2v) is 4.82. The zero-order valence-corrected chi connectivity index (χ0v) is 11.4. The Balaban J connectivity index is 1.93. The number of nitrogens with zero attached hydrogens (tertiary/aromatic N) is 1. The first-order chi connectivity index (χ1) is 8.74. The van der Waals surface area contributed by atoms with E-state index in [2.05, 4.69) is 22.5 Å². The summed E-state index contributed by atoms with van der Waals surface area (Å²) in [5, 5.41) is 5.87. The van der Waals surface area contributed by atoms with Crippen molar-refractivity contribution in [3.63, 3.8) is 0 Å². The minimum atomic E-state index is 0.173. The van der Waals surface area contributed by atoms with Gasteiger partial charge in [-0.15, -0.1) is 0 Å². The van der Waals surface area contributed by atoms with E-state index in [1.165, 1.54) is 19.3 Å². The smallest absolute Gasteiger partial charge is 0.223 e. The Morgan fingerprint density at radius 3 is 2.61 bits per heavy atom. The highest BCUT2D eigenvalue weighted by molar-refractivity contribution is 5.81. The van der Waals surface area contributed by atoms with E-state index >= 15 is 0 Å². The summed E-state index contributed by atoms with van der Waals surface area (Å²) in [4.78, 5) is 15.6. The second-order valence-electron chi connectivity index (χ2n) is 4.82. The first-order valence-electron chi connectivity index (χ1n) is 7.05. The minimum Gasteiger partial charge on any atom is -0.370 e. The van der Waals surface area contributed by atoms with Crippen LogP contribution in [0, 0.1) is 5.92 Å². The van der Waals surface area contributed by atoms with Crippen LogP contribution in [0.5, 0.6) is 0 Å². The van der Waals surface area contributed by atoms with E-state index in [1.807, 2.05) is 0 Å². The van der Waals surface area contributed by atoms with Crippen LogP contribution >= 0.6 is 0 Å². The summed E-state index contributed by atoms with van der Waals surface area (Å²) in [6.45, 7) is 4.23. The van der Waals surface area contributed by atoms with Crippen LogP contribution in [0.15, 0.2) is 4.99 Å². The Morgan fingerprint density at radius 2 is 1.94 bits per heavy atom. The van der Waals surface area contributed by atoms with E-state index in [0.29, 0.717) is 19.0 Å². The second kappa shape index (κ2) is 8.78. The summed E-state index contributed by atoms with van der Waals surface area (Å²) in [6.07, 6.45) is 6.88. The maximum Gasteiger partial charge on any atom is 0.223 e. The van der Waals surface area contributed by atoms with Crippen molar-refractivity contribution < 1.29 is 4.79 Å². The summed E-state index contributed by atoms with van der Waals surface area (Å²) in [5.41, 5.74) is 5.70. The van der Waals surface area contributed by atoms with Gasteiger partial charge < -0.3 is 16.4 Å². The molecule has 5 nitrogen and oxygen atoms in total. The van der Waals surface area contributed by atoms with Gasteiger partial charge in [0.1, 0.15) is 0 Å².